The predicted octanol–water partition coefficient (Wildman–Crippen LogP) is 4.04. The molecule has 26 heavy (non-hydrogen) atoms. The Morgan fingerprint density at radius 3 is 1.73 bits per heavy atom. The third-order valence-corrected chi connectivity index (χ3v) is 3.85. The van der Waals surface area contributed by atoms with Gasteiger partial charge in [0.1, 0.15) is 0 Å². The summed E-state index contributed by atoms with van der Waals surface area (Å²) in [5.74, 6) is 0.437. The number of benzene rings is 3. The van der Waals surface area contributed by atoms with Crippen LogP contribution in [0, 0.1) is 0 Å². The summed E-state index contributed by atoms with van der Waals surface area (Å²) in [6.07, 6.45) is 0. The monoisotopic (exact) mass is 340 g/mol. The van der Waals surface area contributed by atoms with Crippen molar-refractivity contribution in [2.75, 3.05) is 4.90 Å². The summed E-state index contributed by atoms with van der Waals surface area (Å²) >= 11 is 0. The molecule has 3 aromatic carbocycles. The zero-order valence-corrected chi connectivity index (χ0v) is 13.9. The first-order valence-corrected chi connectivity index (χ1v) is 8.25. The molecular weight excluding hydrogens is 324 g/mol. The Bertz CT molecular complexity index is 967. The Balaban J connectivity index is 1.82. The van der Waals surface area contributed by atoms with Crippen molar-refractivity contribution in [3.8, 4) is 0 Å². The number of aliphatic imine (C=N–C) groups is 2. The van der Waals surface area contributed by atoms with E-state index in [1.54, 1.807) is 4.90 Å². The van der Waals surface area contributed by atoms with E-state index in [-0.39, 0.29) is 11.7 Å². The van der Waals surface area contributed by atoms with Gasteiger partial charge in [-0.1, -0.05) is 54.6 Å². The van der Waals surface area contributed by atoms with Crippen LogP contribution in [0.25, 0.3) is 0 Å². The number of para-hydroxylation sites is 3. The van der Waals surface area contributed by atoms with Gasteiger partial charge >= 0.3 is 0 Å². The molecule has 1 heterocycles. The van der Waals surface area contributed by atoms with Crippen LogP contribution in [0.5, 0.6) is 0 Å². The van der Waals surface area contributed by atoms with Gasteiger partial charge < -0.3 is 0 Å². The number of amidine groups is 1. The SMILES string of the molecule is O=C1NC(=Nc2ccccc2)N(c2ccccc2)C1=Nc1ccccc1. The fourth-order valence-corrected chi connectivity index (χ4v) is 2.67. The van der Waals surface area contributed by atoms with E-state index in [1.165, 1.54) is 0 Å². The van der Waals surface area contributed by atoms with Crippen molar-refractivity contribution >= 4 is 34.8 Å². The molecule has 5 nitrogen and oxygen atoms in total. The Labute approximate surface area is 151 Å². The molecule has 3 aromatic rings. The molecule has 1 N–H and O–H groups in total. The second-order valence-electron chi connectivity index (χ2n) is 5.67. The molecule has 1 saturated heterocycles. The highest BCUT2D eigenvalue weighted by Gasteiger charge is 2.34. The second kappa shape index (κ2) is 7.03. The molecule has 1 aliphatic heterocycles. The Morgan fingerprint density at radius 1 is 0.654 bits per heavy atom. The lowest BCUT2D eigenvalue weighted by Gasteiger charge is -2.17. The lowest BCUT2D eigenvalue weighted by Crippen LogP contribution is -2.32. The average Bonchev–Trinajstić information content (AvgIpc) is 2.99. The topological polar surface area (TPSA) is 57.1 Å². The largest absolute Gasteiger partial charge is 0.294 e. The number of hydrogen-bond acceptors (Lipinski definition) is 3. The smallest absolute Gasteiger partial charge is 0.289 e. The van der Waals surface area contributed by atoms with Crippen LogP contribution in [0.2, 0.25) is 0 Å². The van der Waals surface area contributed by atoms with Crippen LogP contribution in [0.4, 0.5) is 17.1 Å². The molecule has 126 valence electrons. The third-order valence-electron chi connectivity index (χ3n) is 3.85. The average molecular weight is 340 g/mol. The van der Waals surface area contributed by atoms with E-state index in [2.05, 4.69) is 15.3 Å². The summed E-state index contributed by atoms with van der Waals surface area (Å²) in [6, 6.07) is 28.5. The molecule has 0 atom stereocenters. The summed E-state index contributed by atoms with van der Waals surface area (Å²) in [5.41, 5.74) is 2.28. The number of rotatable bonds is 3. The van der Waals surface area contributed by atoms with Crippen LogP contribution in [0.3, 0.4) is 0 Å². The van der Waals surface area contributed by atoms with Crippen molar-refractivity contribution in [1.29, 1.82) is 0 Å². The number of carbonyl (C=O) groups is 1. The lowest BCUT2D eigenvalue weighted by molar-refractivity contribution is -0.113. The summed E-state index contributed by atoms with van der Waals surface area (Å²) in [4.78, 5) is 23.5. The maximum absolute atomic E-state index is 12.6. The number of nitrogens with zero attached hydrogens (tertiary/aromatic N) is 3. The van der Waals surface area contributed by atoms with Gasteiger partial charge in [0.2, 0.25) is 11.8 Å². The molecule has 0 bridgehead atoms. The number of guanidine groups is 1. The second-order valence-corrected chi connectivity index (χ2v) is 5.67. The van der Waals surface area contributed by atoms with E-state index in [1.807, 2.05) is 91.0 Å². The molecule has 4 rings (SSSR count). The van der Waals surface area contributed by atoms with Gasteiger partial charge in [-0.2, -0.15) is 0 Å². The standard InChI is InChI=1S/C21H16N4O/c26-20-19(22-16-10-4-1-5-11-16)25(18-14-8-3-9-15-18)21(24-20)23-17-12-6-2-7-13-17/h1-15H,(H,23,24,26). The minimum Gasteiger partial charge on any atom is -0.289 e. The lowest BCUT2D eigenvalue weighted by atomic mass is 10.3. The highest BCUT2D eigenvalue weighted by molar-refractivity contribution is 6.56. The molecule has 1 aliphatic rings. The molecular formula is C21H16N4O. The summed E-state index contributed by atoms with van der Waals surface area (Å²) < 4.78 is 0. The maximum Gasteiger partial charge on any atom is 0.294 e. The predicted molar refractivity (Wildman–Crippen MR) is 104 cm³/mol. The molecule has 5 heteroatoms. The van der Waals surface area contributed by atoms with Gasteiger partial charge in [-0.15, -0.1) is 0 Å². The van der Waals surface area contributed by atoms with Crippen molar-refractivity contribution in [3.05, 3.63) is 91.0 Å². The zero-order chi connectivity index (χ0) is 17.8. The van der Waals surface area contributed by atoms with E-state index >= 15 is 0 Å². The zero-order valence-electron chi connectivity index (χ0n) is 13.9. The first kappa shape index (κ1) is 15.8. The fourth-order valence-electron chi connectivity index (χ4n) is 2.67. The van der Waals surface area contributed by atoms with E-state index in [4.69, 9.17) is 0 Å². The van der Waals surface area contributed by atoms with Gasteiger partial charge in [0, 0.05) is 0 Å². The van der Waals surface area contributed by atoms with Crippen molar-refractivity contribution in [2.45, 2.75) is 0 Å². The first-order chi connectivity index (χ1) is 12.8. The third kappa shape index (κ3) is 3.23. The van der Waals surface area contributed by atoms with Crippen molar-refractivity contribution < 1.29 is 4.79 Å². The van der Waals surface area contributed by atoms with Crippen LogP contribution in [0.15, 0.2) is 101 Å². The van der Waals surface area contributed by atoms with Gasteiger partial charge in [-0.25, -0.2) is 9.98 Å². The minimum absolute atomic E-state index is 0.285. The fraction of sp³-hybridized carbons (Fsp3) is 0. The van der Waals surface area contributed by atoms with Gasteiger partial charge in [0.15, 0.2) is 0 Å². The quantitative estimate of drug-likeness (QED) is 0.782. The maximum atomic E-state index is 12.6. The molecule has 0 spiro atoms. The molecule has 0 aromatic heterocycles. The van der Waals surface area contributed by atoms with Crippen LogP contribution in [-0.4, -0.2) is 17.7 Å². The number of nitrogens with one attached hydrogen (secondary N) is 1. The number of carbonyl (C=O) groups excluding carboxylic acids is 1. The molecule has 0 saturated carbocycles. The van der Waals surface area contributed by atoms with E-state index in [0.717, 1.165) is 11.4 Å². The van der Waals surface area contributed by atoms with Crippen molar-refractivity contribution in [1.82, 2.24) is 5.32 Å². The van der Waals surface area contributed by atoms with Crippen molar-refractivity contribution in [3.63, 3.8) is 0 Å². The van der Waals surface area contributed by atoms with Crippen molar-refractivity contribution in [2.24, 2.45) is 9.98 Å². The Morgan fingerprint density at radius 2 is 1.15 bits per heavy atom. The molecule has 1 amide bonds. The molecule has 0 aliphatic carbocycles. The first-order valence-electron chi connectivity index (χ1n) is 8.25. The van der Waals surface area contributed by atoms with Gasteiger partial charge in [0.05, 0.1) is 17.1 Å². The molecule has 0 unspecified atom stereocenters. The van der Waals surface area contributed by atoms with Crippen LogP contribution < -0.4 is 10.2 Å². The highest BCUT2D eigenvalue weighted by atomic mass is 16.2. The molecule has 0 radical (unpaired) electrons. The number of amides is 1. The van der Waals surface area contributed by atoms with Gasteiger partial charge in [-0.05, 0) is 36.4 Å². The van der Waals surface area contributed by atoms with Crippen LogP contribution in [-0.2, 0) is 4.79 Å². The number of hydrogen-bond donors (Lipinski definition) is 1. The summed E-state index contributed by atoms with van der Waals surface area (Å²) in [5, 5.41) is 2.83. The highest BCUT2D eigenvalue weighted by Crippen LogP contribution is 2.22. The van der Waals surface area contributed by atoms with Crippen LogP contribution in [0.1, 0.15) is 0 Å². The number of anilines is 1. The summed E-state index contributed by atoms with van der Waals surface area (Å²) in [6.45, 7) is 0. The Kier molecular flexibility index (Phi) is 4.26. The minimum atomic E-state index is -0.285. The summed E-state index contributed by atoms with van der Waals surface area (Å²) in [7, 11) is 0. The van der Waals surface area contributed by atoms with Crippen LogP contribution >= 0.6 is 0 Å². The van der Waals surface area contributed by atoms with E-state index < -0.39 is 0 Å². The van der Waals surface area contributed by atoms with E-state index in [9.17, 15) is 4.79 Å². The van der Waals surface area contributed by atoms with E-state index in [0.29, 0.717) is 11.6 Å². The molecule has 1 fully saturated rings. The van der Waals surface area contributed by atoms with Gasteiger partial charge in [-0.3, -0.25) is 15.0 Å². The normalized spacial score (nSPS) is 16.9. The Hall–Kier alpha value is -3.73. The van der Waals surface area contributed by atoms with Gasteiger partial charge in [0.25, 0.3) is 5.91 Å².